The van der Waals surface area contributed by atoms with Gasteiger partial charge in [0, 0.05) is 23.0 Å². The van der Waals surface area contributed by atoms with Crippen molar-refractivity contribution in [1.82, 2.24) is 9.78 Å². The van der Waals surface area contributed by atoms with E-state index in [0.717, 1.165) is 4.68 Å². The molecule has 0 fully saturated rings. The Morgan fingerprint density at radius 3 is 2.74 bits per heavy atom. The number of halogens is 3. The third-order valence-corrected chi connectivity index (χ3v) is 2.51. The summed E-state index contributed by atoms with van der Waals surface area (Å²) in [5, 5.41) is 3.68. The van der Waals surface area contributed by atoms with Gasteiger partial charge in [-0.3, -0.25) is 4.68 Å². The maximum Gasteiger partial charge on any atom is 0.408 e. The van der Waals surface area contributed by atoms with Gasteiger partial charge in [-0.1, -0.05) is 0 Å². The Bertz CT molecular complexity index is 578. The summed E-state index contributed by atoms with van der Waals surface area (Å²) in [7, 11) is 1.48. The van der Waals surface area contributed by atoms with E-state index in [2.05, 4.69) is 5.10 Å². The van der Waals surface area contributed by atoms with E-state index >= 15 is 0 Å². The number of nitrogens with zero attached hydrogens (tertiary/aromatic N) is 2. The molecule has 0 bridgehead atoms. The maximum absolute atomic E-state index is 12.3. The van der Waals surface area contributed by atoms with Crippen LogP contribution in [0.1, 0.15) is 0 Å². The molecule has 0 unspecified atom stereocenters. The first kappa shape index (κ1) is 13.3. The first-order valence-electron chi connectivity index (χ1n) is 5.42. The molecule has 0 aliphatic carbocycles. The highest BCUT2D eigenvalue weighted by Gasteiger charge is 2.28. The van der Waals surface area contributed by atoms with Crippen LogP contribution >= 0.6 is 0 Å². The molecule has 7 heteroatoms. The van der Waals surface area contributed by atoms with E-state index in [1.54, 1.807) is 18.2 Å². The number of hydrogen-bond donors (Lipinski definition) is 1. The number of anilines is 1. The molecule has 1 aromatic heterocycles. The molecule has 19 heavy (non-hydrogen) atoms. The van der Waals surface area contributed by atoms with Gasteiger partial charge < -0.3 is 10.5 Å². The number of aromatic nitrogens is 2. The van der Waals surface area contributed by atoms with Crippen molar-refractivity contribution < 1.29 is 17.9 Å². The molecule has 0 amide bonds. The molecular weight excluding hydrogens is 259 g/mol. The molecule has 102 valence electrons. The number of hydrogen-bond acceptors (Lipinski definition) is 3. The van der Waals surface area contributed by atoms with Gasteiger partial charge in [-0.15, -0.1) is 0 Å². The van der Waals surface area contributed by atoms with Crippen LogP contribution in [0.2, 0.25) is 0 Å². The summed E-state index contributed by atoms with van der Waals surface area (Å²) < 4.78 is 42.8. The lowest BCUT2D eigenvalue weighted by Gasteiger charge is -2.08. The number of rotatable bonds is 3. The van der Waals surface area contributed by atoms with Crippen LogP contribution in [-0.4, -0.2) is 23.1 Å². The van der Waals surface area contributed by atoms with Gasteiger partial charge in [0.25, 0.3) is 0 Å². The van der Waals surface area contributed by atoms with Crippen LogP contribution in [0.3, 0.4) is 0 Å². The Morgan fingerprint density at radius 1 is 1.37 bits per heavy atom. The van der Waals surface area contributed by atoms with E-state index in [9.17, 15) is 13.2 Å². The van der Waals surface area contributed by atoms with Crippen molar-refractivity contribution in [1.29, 1.82) is 0 Å². The predicted molar refractivity (Wildman–Crippen MR) is 64.7 cm³/mol. The lowest BCUT2D eigenvalue weighted by Crippen LogP contribution is -2.17. The minimum absolute atomic E-state index is 0.499. The molecule has 0 atom stereocenters. The minimum Gasteiger partial charge on any atom is -0.496 e. The van der Waals surface area contributed by atoms with Crippen molar-refractivity contribution in [3.05, 3.63) is 30.6 Å². The van der Waals surface area contributed by atoms with Crippen molar-refractivity contribution in [2.24, 2.45) is 0 Å². The summed E-state index contributed by atoms with van der Waals surface area (Å²) in [5.74, 6) is 0.528. The summed E-state index contributed by atoms with van der Waals surface area (Å²) in [4.78, 5) is 0. The van der Waals surface area contributed by atoms with Crippen LogP contribution in [0.25, 0.3) is 11.1 Å². The topological polar surface area (TPSA) is 53.1 Å². The van der Waals surface area contributed by atoms with Crippen LogP contribution < -0.4 is 10.5 Å². The molecule has 0 aliphatic rings. The third kappa shape index (κ3) is 3.18. The molecule has 1 heterocycles. The van der Waals surface area contributed by atoms with E-state index in [-0.39, 0.29) is 0 Å². The predicted octanol–water partition coefficient (Wildman–Crippen LogP) is 2.70. The largest absolute Gasteiger partial charge is 0.496 e. The number of alkyl halides is 3. The van der Waals surface area contributed by atoms with Crippen LogP contribution in [0.15, 0.2) is 30.6 Å². The molecular formula is C12H12F3N3O. The summed E-state index contributed by atoms with van der Waals surface area (Å²) in [6.45, 7) is -1.13. The monoisotopic (exact) mass is 271 g/mol. The molecule has 0 saturated heterocycles. The van der Waals surface area contributed by atoms with Gasteiger partial charge in [0.05, 0.1) is 13.3 Å². The summed E-state index contributed by atoms with van der Waals surface area (Å²) >= 11 is 0. The average Bonchev–Trinajstić information content (AvgIpc) is 2.75. The second-order valence-corrected chi connectivity index (χ2v) is 4.00. The fraction of sp³-hybridized carbons (Fsp3) is 0.250. The number of methoxy groups -OCH3 is 1. The van der Waals surface area contributed by atoms with Crippen LogP contribution in [-0.2, 0) is 6.54 Å². The van der Waals surface area contributed by atoms with Gasteiger partial charge in [-0.25, -0.2) is 0 Å². The standard InChI is InChI=1S/C12H12F3N3O/c1-19-11-3-2-9(16)4-10(11)8-5-17-18(6-8)7-12(13,14)15/h2-6H,7,16H2,1H3. The Labute approximate surface area is 107 Å². The van der Waals surface area contributed by atoms with Crippen LogP contribution in [0, 0.1) is 0 Å². The maximum atomic E-state index is 12.3. The van der Waals surface area contributed by atoms with E-state index in [4.69, 9.17) is 10.5 Å². The second kappa shape index (κ2) is 4.83. The van der Waals surface area contributed by atoms with E-state index < -0.39 is 12.7 Å². The van der Waals surface area contributed by atoms with Crippen molar-refractivity contribution in [3.8, 4) is 16.9 Å². The number of benzene rings is 1. The lowest BCUT2D eigenvalue weighted by atomic mass is 10.1. The van der Waals surface area contributed by atoms with E-state index in [1.165, 1.54) is 19.5 Å². The van der Waals surface area contributed by atoms with Gasteiger partial charge in [-0.05, 0) is 18.2 Å². The van der Waals surface area contributed by atoms with Gasteiger partial charge in [0.15, 0.2) is 0 Å². The Morgan fingerprint density at radius 2 is 2.11 bits per heavy atom. The molecule has 0 aliphatic heterocycles. The number of nitrogen functional groups attached to an aromatic ring is 1. The van der Waals surface area contributed by atoms with Crippen molar-refractivity contribution in [2.45, 2.75) is 12.7 Å². The zero-order chi connectivity index (χ0) is 14.0. The first-order valence-corrected chi connectivity index (χ1v) is 5.42. The van der Waals surface area contributed by atoms with Crippen molar-refractivity contribution >= 4 is 5.69 Å². The van der Waals surface area contributed by atoms with E-state index in [0.29, 0.717) is 22.6 Å². The zero-order valence-electron chi connectivity index (χ0n) is 10.1. The molecule has 0 radical (unpaired) electrons. The number of ether oxygens (including phenoxy) is 1. The zero-order valence-corrected chi connectivity index (χ0v) is 10.1. The van der Waals surface area contributed by atoms with Gasteiger partial charge in [-0.2, -0.15) is 18.3 Å². The fourth-order valence-corrected chi connectivity index (χ4v) is 1.72. The Balaban J connectivity index is 2.35. The highest BCUT2D eigenvalue weighted by Crippen LogP contribution is 2.31. The molecule has 2 aromatic rings. The van der Waals surface area contributed by atoms with Gasteiger partial charge in [0.2, 0.25) is 0 Å². The molecule has 0 saturated carbocycles. The smallest absolute Gasteiger partial charge is 0.408 e. The summed E-state index contributed by atoms with van der Waals surface area (Å²) in [6, 6.07) is 4.95. The SMILES string of the molecule is COc1ccc(N)cc1-c1cnn(CC(F)(F)F)c1. The number of nitrogens with two attached hydrogens (primary N) is 1. The summed E-state index contributed by atoms with van der Waals surface area (Å²) in [5.41, 5.74) is 7.29. The molecule has 2 N–H and O–H groups in total. The molecule has 4 nitrogen and oxygen atoms in total. The van der Waals surface area contributed by atoms with E-state index in [1.807, 2.05) is 0 Å². The average molecular weight is 271 g/mol. The van der Waals surface area contributed by atoms with Crippen LogP contribution in [0.4, 0.5) is 18.9 Å². The highest BCUT2D eigenvalue weighted by atomic mass is 19.4. The van der Waals surface area contributed by atoms with Crippen molar-refractivity contribution in [2.75, 3.05) is 12.8 Å². The minimum atomic E-state index is -4.30. The highest BCUT2D eigenvalue weighted by molar-refractivity contribution is 5.72. The lowest BCUT2D eigenvalue weighted by molar-refractivity contribution is -0.142. The third-order valence-electron chi connectivity index (χ3n) is 2.51. The Hall–Kier alpha value is -2.18. The second-order valence-electron chi connectivity index (χ2n) is 4.00. The van der Waals surface area contributed by atoms with Gasteiger partial charge in [0.1, 0.15) is 12.3 Å². The quantitative estimate of drug-likeness (QED) is 0.873. The van der Waals surface area contributed by atoms with Gasteiger partial charge >= 0.3 is 6.18 Å². The molecule has 1 aromatic carbocycles. The molecule has 0 spiro atoms. The summed E-state index contributed by atoms with van der Waals surface area (Å²) in [6.07, 6.45) is -1.64. The van der Waals surface area contributed by atoms with Crippen LogP contribution in [0.5, 0.6) is 5.75 Å². The molecule has 2 rings (SSSR count). The normalized spacial score (nSPS) is 11.6. The van der Waals surface area contributed by atoms with Crippen molar-refractivity contribution in [3.63, 3.8) is 0 Å². The Kier molecular flexibility index (Phi) is 3.37. The first-order chi connectivity index (χ1) is 8.89. The fourth-order valence-electron chi connectivity index (χ4n) is 1.72.